The molecule has 0 spiro atoms. The summed E-state index contributed by atoms with van der Waals surface area (Å²) in [5, 5.41) is 11.7. The van der Waals surface area contributed by atoms with Gasteiger partial charge >= 0.3 is 0 Å². The van der Waals surface area contributed by atoms with Crippen LogP contribution < -0.4 is 11.1 Å². The largest absolute Gasteiger partial charge is 0.399 e. The number of carbonyl (C=O) groups is 1. The van der Waals surface area contributed by atoms with Crippen molar-refractivity contribution < 1.29 is 4.79 Å². The first-order valence-corrected chi connectivity index (χ1v) is 9.32. The quantitative estimate of drug-likeness (QED) is 0.647. The molecule has 1 aliphatic rings. The van der Waals surface area contributed by atoms with Crippen LogP contribution in [0.3, 0.4) is 0 Å². The average Bonchev–Trinajstić information content (AvgIpc) is 2.92. The van der Waals surface area contributed by atoms with Crippen molar-refractivity contribution in [2.75, 3.05) is 11.1 Å². The van der Waals surface area contributed by atoms with Crippen molar-refractivity contribution in [2.45, 2.75) is 39.2 Å². The smallest absolute Gasteiger partial charge is 0.256 e. The zero-order chi connectivity index (χ0) is 18.8. The van der Waals surface area contributed by atoms with E-state index < -0.39 is 0 Å². The first kappa shape index (κ1) is 19.9. The van der Waals surface area contributed by atoms with Crippen LogP contribution >= 0.6 is 12.4 Å². The molecule has 28 heavy (non-hydrogen) atoms. The van der Waals surface area contributed by atoms with Crippen LogP contribution in [-0.2, 0) is 13.0 Å². The lowest BCUT2D eigenvalue weighted by molar-refractivity contribution is 0.102. The van der Waals surface area contributed by atoms with Gasteiger partial charge in [-0.05, 0) is 49.6 Å². The molecule has 7 heteroatoms. The minimum atomic E-state index is -0.169. The Balaban J connectivity index is 0.00000225. The van der Waals surface area contributed by atoms with Gasteiger partial charge < -0.3 is 15.6 Å². The van der Waals surface area contributed by atoms with E-state index in [-0.39, 0.29) is 18.3 Å². The van der Waals surface area contributed by atoms with Gasteiger partial charge in [0.25, 0.3) is 5.91 Å². The van der Waals surface area contributed by atoms with Crippen LogP contribution in [0.25, 0.3) is 11.4 Å². The molecule has 0 saturated heterocycles. The van der Waals surface area contributed by atoms with Crippen LogP contribution in [-0.4, -0.2) is 20.7 Å². The number of amides is 1. The monoisotopic (exact) mass is 397 g/mol. The summed E-state index contributed by atoms with van der Waals surface area (Å²) < 4.78 is 2.20. The molecule has 2 aromatic carbocycles. The highest BCUT2D eigenvalue weighted by Gasteiger charge is 2.17. The van der Waals surface area contributed by atoms with Gasteiger partial charge in [-0.1, -0.05) is 24.6 Å². The fourth-order valence-electron chi connectivity index (χ4n) is 3.52. The number of nitrogens with two attached hydrogens (primary N) is 1. The van der Waals surface area contributed by atoms with Crippen molar-refractivity contribution >= 4 is 29.7 Å². The summed E-state index contributed by atoms with van der Waals surface area (Å²) in [6, 6.07) is 13.1. The Labute approximate surface area is 170 Å². The summed E-state index contributed by atoms with van der Waals surface area (Å²) in [6.07, 6.45) is 4.49. The maximum Gasteiger partial charge on any atom is 0.256 e. The highest BCUT2D eigenvalue weighted by atomic mass is 35.5. The van der Waals surface area contributed by atoms with Gasteiger partial charge in [-0.2, -0.15) is 0 Å². The molecule has 3 aromatic rings. The number of rotatable bonds is 3. The fraction of sp³-hybridized carbons (Fsp3) is 0.286. The van der Waals surface area contributed by atoms with E-state index in [2.05, 4.69) is 20.1 Å². The number of benzene rings is 2. The van der Waals surface area contributed by atoms with Crippen LogP contribution in [0.1, 0.15) is 41.0 Å². The predicted molar refractivity (Wildman–Crippen MR) is 114 cm³/mol. The average molecular weight is 398 g/mol. The second-order valence-corrected chi connectivity index (χ2v) is 7.01. The summed E-state index contributed by atoms with van der Waals surface area (Å²) in [5.74, 6) is 1.74. The Morgan fingerprint density at radius 3 is 2.82 bits per heavy atom. The Morgan fingerprint density at radius 1 is 1.11 bits per heavy atom. The number of fused-ring (bicyclic) bond motifs is 1. The standard InChI is InChI=1S/C21H23N5O.ClH/c1-14-9-10-16(22)13-18(14)21(27)23-17-7-5-6-15(12-17)20-25-24-19-8-3-2-4-11-26(19)20;/h5-7,9-10,12-13H,2-4,8,11,22H2,1H3,(H,23,27);1H. The maximum atomic E-state index is 12.7. The lowest BCUT2D eigenvalue weighted by Gasteiger charge is -2.11. The Hall–Kier alpha value is -2.86. The molecule has 0 radical (unpaired) electrons. The number of aromatic nitrogens is 3. The normalized spacial score (nSPS) is 13.2. The van der Waals surface area contributed by atoms with Gasteiger partial charge in [0.05, 0.1) is 0 Å². The third-order valence-electron chi connectivity index (χ3n) is 4.99. The SMILES string of the molecule is Cc1ccc(N)cc1C(=O)Nc1cccc(-c2nnc3n2CCCCC3)c1.Cl. The number of halogens is 1. The van der Waals surface area contributed by atoms with Crippen molar-refractivity contribution in [3.63, 3.8) is 0 Å². The molecule has 2 heterocycles. The Kier molecular flexibility index (Phi) is 5.99. The molecule has 0 aliphatic carbocycles. The van der Waals surface area contributed by atoms with E-state index in [0.717, 1.165) is 54.3 Å². The van der Waals surface area contributed by atoms with Crippen LogP contribution in [0.5, 0.6) is 0 Å². The lowest BCUT2D eigenvalue weighted by atomic mass is 10.1. The number of nitrogen functional groups attached to an aromatic ring is 1. The van der Waals surface area contributed by atoms with E-state index in [1.165, 1.54) is 6.42 Å². The molecule has 3 N–H and O–H groups in total. The number of aryl methyl sites for hydroxylation is 2. The van der Waals surface area contributed by atoms with Gasteiger partial charge in [-0.3, -0.25) is 4.79 Å². The van der Waals surface area contributed by atoms with E-state index in [0.29, 0.717) is 11.3 Å². The Morgan fingerprint density at radius 2 is 1.96 bits per heavy atom. The lowest BCUT2D eigenvalue weighted by Crippen LogP contribution is -2.14. The highest BCUT2D eigenvalue weighted by molar-refractivity contribution is 6.06. The minimum Gasteiger partial charge on any atom is -0.399 e. The van der Waals surface area contributed by atoms with Gasteiger partial charge in [0.2, 0.25) is 0 Å². The molecule has 6 nitrogen and oxygen atoms in total. The van der Waals surface area contributed by atoms with E-state index in [4.69, 9.17) is 5.73 Å². The predicted octanol–water partition coefficient (Wildman–Crippen LogP) is 4.24. The third kappa shape index (κ3) is 4.02. The van der Waals surface area contributed by atoms with Crippen LogP contribution in [0.2, 0.25) is 0 Å². The maximum absolute atomic E-state index is 12.7. The molecule has 1 aliphatic heterocycles. The minimum absolute atomic E-state index is 0. The van der Waals surface area contributed by atoms with Gasteiger partial charge in [-0.25, -0.2) is 0 Å². The molecule has 0 bridgehead atoms. The molecule has 0 saturated carbocycles. The van der Waals surface area contributed by atoms with Crippen molar-refractivity contribution in [3.8, 4) is 11.4 Å². The summed E-state index contributed by atoms with van der Waals surface area (Å²) in [6.45, 7) is 2.84. The summed E-state index contributed by atoms with van der Waals surface area (Å²) in [4.78, 5) is 12.7. The molecular weight excluding hydrogens is 374 g/mol. The number of carbonyl (C=O) groups excluding carboxylic acids is 1. The molecule has 0 unspecified atom stereocenters. The Bertz CT molecular complexity index is 998. The van der Waals surface area contributed by atoms with Crippen molar-refractivity contribution in [1.29, 1.82) is 0 Å². The third-order valence-corrected chi connectivity index (χ3v) is 4.99. The van der Waals surface area contributed by atoms with Crippen LogP contribution in [0, 0.1) is 6.92 Å². The van der Waals surface area contributed by atoms with Crippen LogP contribution in [0.15, 0.2) is 42.5 Å². The van der Waals surface area contributed by atoms with E-state index in [1.807, 2.05) is 37.3 Å². The number of hydrogen-bond acceptors (Lipinski definition) is 4. The number of anilines is 2. The van der Waals surface area contributed by atoms with Crippen molar-refractivity contribution in [1.82, 2.24) is 14.8 Å². The number of hydrogen-bond donors (Lipinski definition) is 2. The highest BCUT2D eigenvalue weighted by Crippen LogP contribution is 2.25. The molecule has 0 fully saturated rings. The molecule has 0 atom stereocenters. The topological polar surface area (TPSA) is 85.8 Å². The van der Waals surface area contributed by atoms with Gasteiger partial charge in [0.1, 0.15) is 5.82 Å². The molecule has 1 amide bonds. The number of nitrogens with one attached hydrogen (secondary N) is 1. The van der Waals surface area contributed by atoms with Gasteiger partial charge in [0, 0.05) is 35.5 Å². The van der Waals surface area contributed by atoms with Gasteiger partial charge in [-0.15, -0.1) is 22.6 Å². The zero-order valence-electron chi connectivity index (χ0n) is 15.8. The molecule has 4 rings (SSSR count). The second-order valence-electron chi connectivity index (χ2n) is 7.01. The first-order valence-electron chi connectivity index (χ1n) is 9.32. The van der Waals surface area contributed by atoms with E-state index in [9.17, 15) is 4.79 Å². The fourth-order valence-corrected chi connectivity index (χ4v) is 3.52. The van der Waals surface area contributed by atoms with Crippen molar-refractivity contribution in [2.24, 2.45) is 0 Å². The van der Waals surface area contributed by atoms with E-state index in [1.54, 1.807) is 12.1 Å². The van der Waals surface area contributed by atoms with Crippen LogP contribution in [0.4, 0.5) is 11.4 Å². The molecule has 1 aromatic heterocycles. The van der Waals surface area contributed by atoms with E-state index >= 15 is 0 Å². The number of nitrogens with zero attached hydrogens (tertiary/aromatic N) is 3. The van der Waals surface area contributed by atoms with Gasteiger partial charge in [0.15, 0.2) is 5.82 Å². The van der Waals surface area contributed by atoms with Crippen molar-refractivity contribution in [3.05, 3.63) is 59.4 Å². The molecule has 146 valence electrons. The summed E-state index contributed by atoms with van der Waals surface area (Å²) in [7, 11) is 0. The second kappa shape index (κ2) is 8.44. The first-order chi connectivity index (χ1) is 13.1. The zero-order valence-corrected chi connectivity index (χ0v) is 16.6. The summed E-state index contributed by atoms with van der Waals surface area (Å²) in [5.41, 5.74) is 9.55. The summed E-state index contributed by atoms with van der Waals surface area (Å²) >= 11 is 0. The molecular formula is C21H24ClN5O.